The predicted octanol–water partition coefficient (Wildman–Crippen LogP) is 1.34. The highest BCUT2D eigenvalue weighted by atomic mass is 16.5. The molecule has 3 rings (SSSR count). The van der Waals surface area contributed by atoms with Crippen molar-refractivity contribution >= 4 is 23.4 Å². The summed E-state index contributed by atoms with van der Waals surface area (Å²) >= 11 is 0. The lowest BCUT2D eigenvalue weighted by Crippen LogP contribution is -2.36. The van der Waals surface area contributed by atoms with E-state index in [-0.39, 0.29) is 5.91 Å². The summed E-state index contributed by atoms with van der Waals surface area (Å²) in [5.74, 6) is 0.651. The third-order valence-electron chi connectivity index (χ3n) is 4.02. The molecule has 8 heteroatoms. The molecule has 0 atom stereocenters. The van der Waals surface area contributed by atoms with Gasteiger partial charge >= 0.3 is 6.03 Å². The number of benzene rings is 1. The number of urea groups is 1. The lowest BCUT2D eigenvalue weighted by atomic mass is 10.1. The van der Waals surface area contributed by atoms with E-state index in [4.69, 9.17) is 10.5 Å². The average molecular weight is 355 g/mol. The van der Waals surface area contributed by atoms with Crippen LogP contribution in [0.3, 0.4) is 0 Å². The number of hydrogen-bond acceptors (Lipinski definition) is 5. The maximum atomic E-state index is 12.3. The van der Waals surface area contributed by atoms with Gasteiger partial charge in [0.1, 0.15) is 5.82 Å². The molecule has 136 valence electrons. The smallest absolute Gasteiger partial charge is 0.312 e. The van der Waals surface area contributed by atoms with Crippen LogP contribution in [0.5, 0.6) is 0 Å². The highest BCUT2D eigenvalue weighted by Gasteiger charge is 2.12. The van der Waals surface area contributed by atoms with E-state index in [1.54, 1.807) is 30.5 Å². The largest absolute Gasteiger partial charge is 0.378 e. The number of hydrogen-bond donors (Lipinski definition) is 3. The normalized spacial score (nSPS) is 13.9. The molecule has 4 N–H and O–H groups in total. The van der Waals surface area contributed by atoms with Gasteiger partial charge in [0.05, 0.1) is 25.1 Å². The van der Waals surface area contributed by atoms with Crippen molar-refractivity contribution in [2.75, 3.05) is 36.5 Å². The highest BCUT2D eigenvalue weighted by Crippen LogP contribution is 2.16. The summed E-state index contributed by atoms with van der Waals surface area (Å²) in [5, 5.41) is 5.32. The van der Waals surface area contributed by atoms with Gasteiger partial charge in [-0.3, -0.25) is 4.79 Å². The third-order valence-corrected chi connectivity index (χ3v) is 4.02. The van der Waals surface area contributed by atoms with E-state index >= 15 is 0 Å². The van der Waals surface area contributed by atoms with Crippen molar-refractivity contribution in [2.45, 2.75) is 6.54 Å². The summed E-state index contributed by atoms with van der Waals surface area (Å²) in [6, 6.07) is 10.1. The van der Waals surface area contributed by atoms with Gasteiger partial charge in [0.25, 0.3) is 5.91 Å². The number of carbonyl (C=O) groups is 2. The van der Waals surface area contributed by atoms with Crippen LogP contribution in [0, 0.1) is 0 Å². The zero-order chi connectivity index (χ0) is 18.4. The van der Waals surface area contributed by atoms with E-state index in [0.717, 1.165) is 24.5 Å². The first-order chi connectivity index (χ1) is 12.6. The van der Waals surface area contributed by atoms with Crippen molar-refractivity contribution in [3.05, 3.63) is 53.7 Å². The fourth-order valence-electron chi connectivity index (χ4n) is 2.61. The third kappa shape index (κ3) is 4.70. The highest BCUT2D eigenvalue weighted by molar-refractivity contribution is 6.04. The van der Waals surface area contributed by atoms with E-state index in [2.05, 4.69) is 20.5 Å². The molecule has 1 fully saturated rings. The van der Waals surface area contributed by atoms with E-state index in [9.17, 15) is 9.59 Å². The predicted molar refractivity (Wildman–Crippen MR) is 98.1 cm³/mol. The molecular weight excluding hydrogens is 334 g/mol. The summed E-state index contributed by atoms with van der Waals surface area (Å²) in [7, 11) is 0. The minimum atomic E-state index is -0.583. The summed E-state index contributed by atoms with van der Waals surface area (Å²) in [6.45, 7) is 3.35. The molecule has 0 aliphatic carbocycles. The molecule has 0 radical (unpaired) electrons. The number of ether oxygens (including phenoxy) is 1. The van der Waals surface area contributed by atoms with Crippen molar-refractivity contribution in [2.24, 2.45) is 5.73 Å². The van der Waals surface area contributed by atoms with Crippen LogP contribution >= 0.6 is 0 Å². The minimum Gasteiger partial charge on any atom is -0.378 e. The molecule has 3 amide bonds. The van der Waals surface area contributed by atoms with Gasteiger partial charge in [-0.2, -0.15) is 0 Å². The monoisotopic (exact) mass is 355 g/mol. The van der Waals surface area contributed by atoms with Gasteiger partial charge in [0, 0.05) is 25.2 Å². The zero-order valence-electron chi connectivity index (χ0n) is 14.3. The number of carbonyl (C=O) groups excluding carboxylic acids is 2. The molecule has 1 saturated heterocycles. The van der Waals surface area contributed by atoms with Crippen LogP contribution in [0.2, 0.25) is 0 Å². The van der Waals surface area contributed by atoms with Gasteiger partial charge in [-0.25, -0.2) is 9.78 Å². The number of amides is 3. The standard InChI is InChI=1S/C18H21N5O3/c19-18(25)21-11-13-1-3-14(4-2-13)17(24)22-15-5-6-16(20-12-15)23-7-9-26-10-8-23/h1-6,12H,7-11H2,(H,22,24)(H3,19,21,25). The second-order valence-electron chi connectivity index (χ2n) is 5.87. The summed E-state index contributed by atoms with van der Waals surface area (Å²) in [6.07, 6.45) is 1.65. The van der Waals surface area contributed by atoms with Crippen LogP contribution in [-0.4, -0.2) is 43.2 Å². The Morgan fingerprint density at radius 2 is 1.85 bits per heavy atom. The first-order valence-electron chi connectivity index (χ1n) is 8.34. The molecule has 1 aliphatic rings. The van der Waals surface area contributed by atoms with Crippen LogP contribution in [0.1, 0.15) is 15.9 Å². The van der Waals surface area contributed by atoms with Crippen molar-refractivity contribution in [1.29, 1.82) is 0 Å². The lowest BCUT2D eigenvalue weighted by molar-refractivity contribution is 0.102. The number of nitrogens with two attached hydrogens (primary N) is 1. The number of pyridine rings is 1. The number of primary amides is 1. The van der Waals surface area contributed by atoms with E-state index in [0.29, 0.717) is 31.0 Å². The number of nitrogens with one attached hydrogen (secondary N) is 2. The van der Waals surface area contributed by atoms with Crippen molar-refractivity contribution in [1.82, 2.24) is 10.3 Å². The summed E-state index contributed by atoms with van der Waals surface area (Å²) in [4.78, 5) is 29.6. The second kappa shape index (κ2) is 8.30. The lowest BCUT2D eigenvalue weighted by Gasteiger charge is -2.27. The Hall–Kier alpha value is -3.13. The molecule has 0 unspecified atom stereocenters. The van der Waals surface area contributed by atoms with Gasteiger partial charge < -0.3 is 26.0 Å². The minimum absolute atomic E-state index is 0.222. The molecule has 1 aliphatic heterocycles. The Morgan fingerprint density at radius 3 is 2.46 bits per heavy atom. The fourth-order valence-corrected chi connectivity index (χ4v) is 2.61. The first kappa shape index (κ1) is 17.7. The van der Waals surface area contributed by atoms with Crippen LogP contribution in [0.4, 0.5) is 16.3 Å². The Kier molecular flexibility index (Phi) is 5.65. The Bertz CT molecular complexity index is 755. The van der Waals surface area contributed by atoms with Crippen LogP contribution in [0.25, 0.3) is 0 Å². The van der Waals surface area contributed by atoms with Gasteiger partial charge in [-0.1, -0.05) is 12.1 Å². The maximum absolute atomic E-state index is 12.3. The number of rotatable bonds is 5. The van der Waals surface area contributed by atoms with Gasteiger partial charge in [-0.05, 0) is 29.8 Å². The molecule has 0 saturated carbocycles. The summed E-state index contributed by atoms with van der Waals surface area (Å²) < 4.78 is 5.33. The second-order valence-corrected chi connectivity index (χ2v) is 5.87. The number of nitrogens with zero attached hydrogens (tertiary/aromatic N) is 2. The number of morpholine rings is 1. The average Bonchev–Trinajstić information content (AvgIpc) is 2.68. The van der Waals surface area contributed by atoms with Gasteiger partial charge in [0.15, 0.2) is 0 Å². The molecule has 8 nitrogen and oxygen atoms in total. The Morgan fingerprint density at radius 1 is 1.12 bits per heavy atom. The maximum Gasteiger partial charge on any atom is 0.312 e. The van der Waals surface area contributed by atoms with Crippen molar-refractivity contribution < 1.29 is 14.3 Å². The van der Waals surface area contributed by atoms with E-state index < -0.39 is 6.03 Å². The van der Waals surface area contributed by atoms with E-state index in [1.165, 1.54) is 0 Å². The SMILES string of the molecule is NC(=O)NCc1ccc(C(=O)Nc2ccc(N3CCOCC3)nc2)cc1. The van der Waals surface area contributed by atoms with Crippen LogP contribution < -0.4 is 21.3 Å². The zero-order valence-corrected chi connectivity index (χ0v) is 14.3. The molecule has 2 heterocycles. The topological polar surface area (TPSA) is 110 Å². The summed E-state index contributed by atoms with van der Waals surface area (Å²) in [5.41, 5.74) is 7.04. The van der Waals surface area contributed by atoms with Crippen molar-refractivity contribution in [3.63, 3.8) is 0 Å². The van der Waals surface area contributed by atoms with Gasteiger partial charge in [0.2, 0.25) is 0 Å². The molecule has 1 aromatic heterocycles. The van der Waals surface area contributed by atoms with E-state index in [1.807, 2.05) is 12.1 Å². The number of aromatic nitrogens is 1. The molecule has 1 aromatic carbocycles. The van der Waals surface area contributed by atoms with Crippen LogP contribution in [-0.2, 0) is 11.3 Å². The molecule has 2 aromatic rings. The Balaban J connectivity index is 1.57. The molecular formula is C18H21N5O3. The fraction of sp³-hybridized carbons (Fsp3) is 0.278. The number of anilines is 2. The Labute approximate surface area is 151 Å². The van der Waals surface area contributed by atoms with Crippen molar-refractivity contribution in [3.8, 4) is 0 Å². The van der Waals surface area contributed by atoms with Gasteiger partial charge in [-0.15, -0.1) is 0 Å². The molecule has 0 spiro atoms. The molecule has 0 bridgehead atoms. The first-order valence-corrected chi connectivity index (χ1v) is 8.34. The quantitative estimate of drug-likeness (QED) is 0.750. The van der Waals surface area contributed by atoms with Crippen LogP contribution in [0.15, 0.2) is 42.6 Å². The molecule has 26 heavy (non-hydrogen) atoms.